The fourth-order valence-electron chi connectivity index (χ4n) is 1.79. The number of hydrogen-bond donors (Lipinski definition) is 2. The van der Waals surface area contributed by atoms with Gasteiger partial charge in [0.05, 0.1) is 6.42 Å². The molecule has 1 unspecified atom stereocenters. The van der Waals surface area contributed by atoms with Crippen LogP contribution in [0.25, 0.3) is 0 Å². The number of carboxylic acid groups (broad SMARTS) is 1. The van der Waals surface area contributed by atoms with Crippen LogP contribution in [0.2, 0.25) is 0 Å². The Morgan fingerprint density at radius 3 is 2.46 bits per heavy atom. The Bertz CT molecular complexity index is 166. The van der Waals surface area contributed by atoms with E-state index in [2.05, 4.69) is 20.8 Å². The third-order valence-electron chi connectivity index (χ3n) is 2.18. The first-order valence-electron chi connectivity index (χ1n) is 4.85. The predicted octanol–water partition coefficient (Wildman–Crippen LogP) is 2.00. The molecule has 0 aromatic carbocycles. The normalized spacial score (nSPS) is 14.2. The second-order valence-corrected chi connectivity index (χ2v) is 4.48. The van der Waals surface area contributed by atoms with Crippen LogP contribution in [0.15, 0.2) is 0 Å². The van der Waals surface area contributed by atoms with Gasteiger partial charge in [-0.1, -0.05) is 27.2 Å². The molecule has 0 heterocycles. The lowest BCUT2D eigenvalue weighted by molar-refractivity contribution is -0.137. The van der Waals surface area contributed by atoms with E-state index in [0.29, 0.717) is 0 Å². The average molecular weight is 187 g/mol. The van der Waals surface area contributed by atoms with Crippen molar-refractivity contribution in [2.45, 2.75) is 52.5 Å². The van der Waals surface area contributed by atoms with E-state index in [1.165, 1.54) is 0 Å². The molecule has 0 aliphatic carbocycles. The maximum atomic E-state index is 10.4. The van der Waals surface area contributed by atoms with Gasteiger partial charge in [-0.2, -0.15) is 0 Å². The molecule has 3 nitrogen and oxygen atoms in total. The molecule has 0 aliphatic heterocycles. The molecular formula is C10H21NO2. The molecule has 0 fully saturated rings. The molecule has 13 heavy (non-hydrogen) atoms. The Kier molecular flexibility index (Phi) is 4.99. The summed E-state index contributed by atoms with van der Waals surface area (Å²) in [5.41, 5.74) is 5.88. The van der Waals surface area contributed by atoms with Crippen molar-refractivity contribution in [2.24, 2.45) is 11.1 Å². The van der Waals surface area contributed by atoms with Crippen LogP contribution in [0, 0.1) is 5.41 Å². The zero-order valence-corrected chi connectivity index (χ0v) is 8.84. The van der Waals surface area contributed by atoms with Gasteiger partial charge in [-0.05, 0) is 18.3 Å². The molecule has 0 aromatic heterocycles. The first-order valence-corrected chi connectivity index (χ1v) is 4.85. The summed E-state index contributed by atoms with van der Waals surface area (Å²) in [7, 11) is 0. The van der Waals surface area contributed by atoms with Crippen molar-refractivity contribution in [3.8, 4) is 0 Å². The molecule has 78 valence electrons. The van der Waals surface area contributed by atoms with Crippen LogP contribution in [0.5, 0.6) is 0 Å². The summed E-state index contributed by atoms with van der Waals surface area (Å²) in [5, 5.41) is 8.53. The highest BCUT2D eigenvalue weighted by Gasteiger charge is 2.21. The van der Waals surface area contributed by atoms with Crippen molar-refractivity contribution in [3.05, 3.63) is 0 Å². The molecule has 0 saturated heterocycles. The van der Waals surface area contributed by atoms with Gasteiger partial charge in [0.25, 0.3) is 0 Å². The highest BCUT2D eigenvalue weighted by atomic mass is 16.4. The van der Waals surface area contributed by atoms with E-state index < -0.39 is 5.97 Å². The molecule has 0 saturated carbocycles. The van der Waals surface area contributed by atoms with Crippen LogP contribution in [0.4, 0.5) is 0 Å². The van der Waals surface area contributed by atoms with Gasteiger partial charge in [-0.15, -0.1) is 0 Å². The summed E-state index contributed by atoms with van der Waals surface area (Å²) in [4.78, 5) is 10.4. The molecule has 0 amide bonds. The summed E-state index contributed by atoms with van der Waals surface area (Å²) in [5.74, 6) is -0.806. The highest BCUT2D eigenvalue weighted by molar-refractivity contribution is 5.67. The molecule has 0 bridgehead atoms. The van der Waals surface area contributed by atoms with Crippen LogP contribution < -0.4 is 5.73 Å². The zero-order valence-electron chi connectivity index (χ0n) is 8.84. The first-order chi connectivity index (χ1) is 5.87. The summed E-state index contributed by atoms with van der Waals surface area (Å²) in [6, 6.07) is -0.209. The second kappa shape index (κ2) is 5.22. The fourth-order valence-corrected chi connectivity index (χ4v) is 1.79. The van der Waals surface area contributed by atoms with Crippen LogP contribution in [-0.2, 0) is 4.79 Å². The van der Waals surface area contributed by atoms with Crippen LogP contribution in [-0.4, -0.2) is 17.1 Å². The molecule has 0 spiro atoms. The van der Waals surface area contributed by atoms with Gasteiger partial charge in [0.15, 0.2) is 0 Å². The molecule has 0 aliphatic rings. The lowest BCUT2D eigenvalue weighted by Crippen LogP contribution is -2.30. The smallest absolute Gasteiger partial charge is 0.304 e. The minimum absolute atomic E-state index is 0.0765. The molecule has 0 aromatic rings. The third-order valence-corrected chi connectivity index (χ3v) is 2.18. The second-order valence-electron chi connectivity index (χ2n) is 4.48. The maximum absolute atomic E-state index is 10.4. The fraction of sp³-hybridized carbons (Fsp3) is 0.900. The summed E-state index contributed by atoms with van der Waals surface area (Å²) in [6.07, 6.45) is 3.08. The largest absolute Gasteiger partial charge is 0.481 e. The number of hydrogen-bond acceptors (Lipinski definition) is 2. The first kappa shape index (κ1) is 12.4. The van der Waals surface area contributed by atoms with Crippen molar-refractivity contribution in [1.82, 2.24) is 0 Å². The number of nitrogens with two attached hydrogens (primary N) is 1. The minimum atomic E-state index is -0.806. The molecule has 0 rings (SSSR count). The van der Waals surface area contributed by atoms with Gasteiger partial charge in [0, 0.05) is 6.04 Å². The molecule has 0 radical (unpaired) electrons. The quantitative estimate of drug-likeness (QED) is 0.668. The standard InChI is InChI=1S/C10H21NO2/c1-4-5-10(2,3)7-8(11)6-9(12)13/h8H,4-7,11H2,1-3H3,(H,12,13). The number of rotatable bonds is 6. The summed E-state index contributed by atoms with van der Waals surface area (Å²) < 4.78 is 0. The summed E-state index contributed by atoms with van der Waals surface area (Å²) in [6.45, 7) is 6.40. The van der Waals surface area contributed by atoms with E-state index in [4.69, 9.17) is 10.8 Å². The Balaban J connectivity index is 3.88. The van der Waals surface area contributed by atoms with Gasteiger partial charge in [-0.25, -0.2) is 0 Å². The lowest BCUT2D eigenvalue weighted by atomic mass is 9.81. The van der Waals surface area contributed by atoms with Crippen LogP contribution in [0.3, 0.4) is 0 Å². The van der Waals surface area contributed by atoms with Gasteiger partial charge in [0.2, 0.25) is 0 Å². The summed E-state index contributed by atoms with van der Waals surface area (Å²) >= 11 is 0. The molecule has 1 atom stereocenters. The predicted molar refractivity (Wildman–Crippen MR) is 53.5 cm³/mol. The van der Waals surface area contributed by atoms with Crippen molar-refractivity contribution in [3.63, 3.8) is 0 Å². The Morgan fingerprint density at radius 2 is 2.08 bits per heavy atom. The van der Waals surface area contributed by atoms with Crippen LogP contribution >= 0.6 is 0 Å². The number of carboxylic acids is 1. The van der Waals surface area contributed by atoms with Gasteiger partial charge < -0.3 is 10.8 Å². The lowest BCUT2D eigenvalue weighted by Gasteiger charge is -2.26. The van der Waals surface area contributed by atoms with Gasteiger partial charge in [-0.3, -0.25) is 4.79 Å². The third kappa shape index (κ3) is 6.58. The Hall–Kier alpha value is -0.570. The van der Waals surface area contributed by atoms with Crippen molar-refractivity contribution in [2.75, 3.05) is 0 Å². The Labute approximate surface area is 80.3 Å². The van der Waals surface area contributed by atoms with E-state index in [0.717, 1.165) is 19.3 Å². The van der Waals surface area contributed by atoms with E-state index in [1.54, 1.807) is 0 Å². The van der Waals surface area contributed by atoms with E-state index in [9.17, 15) is 4.79 Å². The average Bonchev–Trinajstić information content (AvgIpc) is 1.81. The highest BCUT2D eigenvalue weighted by Crippen LogP contribution is 2.28. The van der Waals surface area contributed by atoms with Crippen molar-refractivity contribution >= 4 is 5.97 Å². The number of carbonyl (C=O) groups is 1. The van der Waals surface area contributed by atoms with Crippen molar-refractivity contribution in [1.29, 1.82) is 0 Å². The van der Waals surface area contributed by atoms with Crippen molar-refractivity contribution < 1.29 is 9.90 Å². The van der Waals surface area contributed by atoms with Crippen LogP contribution in [0.1, 0.15) is 46.5 Å². The molecular weight excluding hydrogens is 166 g/mol. The minimum Gasteiger partial charge on any atom is -0.481 e. The molecule has 3 heteroatoms. The van der Waals surface area contributed by atoms with E-state index in [1.807, 2.05) is 0 Å². The topological polar surface area (TPSA) is 63.3 Å². The molecule has 3 N–H and O–H groups in total. The van der Waals surface area contributed by atoms with E-state index in [-0.39, 0.29) is 17.9 Å². The monoisotopic (exact) mass is 187 g/mol. The zero-order chi connectivity index (χ0) is 10.5. The van der Waals surface area contributed by atoms with Gasteiger partial charge in [0.1, 0.15) is 0 Å². The van der Waals surface area contributed by atoms with E-state index >= 15 is 0 Å². The SMILES string of the molecule is CCCC(C)(C)CC(N)CC(=O)O. The number of aliphatic carboxylic acids is 1. The Morgan fingerprint density at radius 1 is 1.54 bits per heavy atom. The maximum Gasteiger partial charge on any atom is 0.304 e. The van der Waals surface area contributed by atoms with Gasteiger partial charge >= 0.3 is 5.97 Å².